The molecule has 0 saturated carbocycles. The Bertz CT molecular complexity index is 569. The number of hydrogen-bond acceptors (Lipinski definition) is 3. The molecule has 0 heterocycles. The van der Waals surface area contributed by atoms with E-state index in [1.807, 2.05) is 36.4 Å². The summed E-state index contributed by atoms with van der Waals surface area (Å²) >= 11 is 0. The third-order valence-electron chi connectivity index (χ3n) is 2.89. The van der Waals surface area contributed by atoms with Crippen molar-refractivity contribution in [1.82, 2.24) is 0 Å². The van der Waals surface area contributed by atoms with E-state index in [0.717, 1.165) is 5.56 Å². The largest absolute Gasteiger partial charge is 0.489 e. The standard InChI is InChI=1S/C16H17NO3/c17-16(19)10-15(18)13-7-4-8-14(9-13)20-11-12-5-2-1-3-6-12/h1-9,15,18H,10-11H2,(H2,17,19). The van der Waals surface area contributed by atoms with Crippen molar-refractivity contribution in [1.29, 1.82) is 0 Å². The first kappa shape index (κ1) is 14.1. The van der Waals surface area contributed by atoms with Crippen LogP contribution in [0.5, 0.6) is 5.75 Å². The van der Waals surface area contributed by atoms with E-state index >= 15 is 0 Å². The average Bonchev–Trinajstić information content (AvgIpc) is 2.46. The van der Waals surface area contributed by atoms with Crippen LogP contribution in [0.1, 0.15) is 23.7 Å². The van der Waals surface area contributed by atoms with Gasteiger partial charge in [-0.2, -0.15) is 0 Å². The van der Waals surface area contributed by atoms with Crippen molar-refractivity contribution in [3.8, 4) is 5.75 Å². The molecule has 2 rings (SSSR count). The van der Waals surface area contributed by atoms with Crippen molar-refractivity contribution in [2.45, 2.75) is 19.1 Å². The first-order chi connectivity index (χ1) is 9.65. The molecule has 0 saturated heterocycles. The van der Waals surface area contributed by atoms with E-state index in [0.29, 0.717) is 17.9 Å². The topological polar surface area (TPSA) is 72.6 Å². The summed E-state index contributed by atoms with van der Waals surface area (Å²) in [6.07, 6.45) is -0.991. The summed E-state index contributed by atoms with van der Waals surface area (Å²) < 4.78 is 5.66. The second kappa shape index (κ2) is 6.73. The van der Waals surface area contributed by atoms with Gasteiger partial charge in [0.2, 0.25) is 5.91 Å². The van der Waals surface area contributed by atoms with E-state index in [-0.39, 0.29) is 6.42 Å². The highest BCUT2D eigenvalue weighted by Gasteiger charge is 2.11. The zero-order valence-electron chi connectivity index (χ0n) is 11.0. The lowest BCUT2D eigenvalue weighted by molar-refractivity contribution is -0.119. The van der Waals surface area contributed by atoms with Crippen LogP contribution in [-0.2, 0) is 11.4 Å². The van der Waals surface area contributed by atoms with Gasteiger partial charge < -0.3 is 15.6 Å². The van der Waals surface area contributed by atoms with Crippen molar-refractivity contribution in [2.75, 3.05) is 0 Å². The molecule has 3 N–H and O–H groups in total. The molecule has 0 spiro atoms. The van der Waals surface area contributed by atoms with Gasteiger partial charge in [-0.3, -0.25) is 4.79 Å². The molecular weight excluding hydrogens is 254 g/mol. The Hall–Kier alpha value is -2.33. The van der Waals surface area contributed by atoms with Crippen LogP contribution in [0, 0.1) is 0 Å². The number of amides is 1. The molecule has 4 nitrogen and oxygen atoms in total. The van der Waals surface area contributed by atoms with Gasteiger partial charge in [0.25, 0.3) is 0 Å². The Morgan fingerprint density at radius 2 is 1.90 bits per heavy atom. The van der Waals surface area contributed by atoms with Crippen LogP contribution in [0.2, 0.25) is 0 Å². The van der Waals surface area contributed by atoms with Crippen LogP contribution in [0.25, 0.3) is 0 Å². The molecular formula is C16H17NO3. The van der Waals surface area contributed by atoms with E-state index in [4.69, 9.17) is 10.5 Å². The molecule has 0 aliphatic heterocycles. The van der Waals surface area contributed by atoms with Gasteiger partial charge in [0.1, 0.15) is 12.4 Å². The fourth-order valence-corrected chi connectivity index (χ4v) is 1.86. The maximum atomic E-state index is 10.8. The molecule has 0 aliphatic rings. The number of carbonyl (C=O) groups is 1. The van der Waals surface area contributed by atoms with Crippen LogP contribution in [0.15, 0.2) is 54.6 Å². The SMILES string of the molecule is NC(=O)CC(O)c1cccc(OCc2ccccc2)c1. The summed E-state index contributed by atoms with van der Waals surface area (Å²) in [7, 11) is 0. The molecule has 2 aromatic rings. The Labute approximate surface area is 117 Å². The quantitative estimate of drug-likeness (QED) is 0.845. The highest BCUT2D eigenvalue weighted by atomic mass is 16.5. The van der Waals surface area contributed by atoms with Crippen LogP contribution in [0.3, 0.4) is 0 Å². The summed E-state index contributed by atoms with van der Waals surface area (Å²) in [5.41, 5.74) is 6.76. The molecule has 4 heteroatoms. The van der Waals surface area contributed by atoms with E-state index in [2.05, 4.69) is 0 Å². The summed E-state index contributed by atoms with van der Waals surface area (Å²) in [6.45, 7) is 0.455. The minimum absolute atomic E-state index is 0.0951. The predicted molar refractivity (Wildman–Crippen MR) is 76.0 cm³/mol. The van der Waals surface area contributed by atoms with E-state index in [1.165, 1.54) is 0 Å². The van der Waals surface area contributed by atoms with E-state index in [9.17, 15) is 9.90 Å². The van der Waals surface area contributed by atoms with Crippen LogP contribution in [0.4, 0.5) is 0 Å². The molecule has 20 heavy (non-hydrogen) atoms. The lowest BCUT2D eigenvalue weighted by atomic mass is 10.1. The first-order valence-corrected chi connectivity index (χ1v) is 6.38. The van der Waals surface area contributed by atoms with Gasteiger partial charge >= 0.3 is 0 Å². The molecule has 1 atom stereocenters. The monoisotopic (exact) mass is 271 g/mol. The minimum Gasteiger partial charge on any atom is -0.489 e. The van der Waals surface area contributed by atoms with Gasteiger partial charge in [-0.1, -0.05) is 42.5 Å². The third-order valence-corrected chi connectivity index (χ3v) is 2.89. The molecule has 2 aromatic carbocycles. The van der Waals surface area contributed by atoms with Crippen LogP contribution >= 0.6 is 0 Å². The van der Waals surface area contributed by atoms with Crippen molar-refractivity contribution in [2.24, 2.45) is 5.73 Å². The summed E-state index contributed by atoms with van der Waals surface area (Å²) in [5.74, 6) is 0.114. The van der Waals surface area contributed by atoms with Gasteiger partial charge in [-0.15, -0.1) is 0 Å². The number of ether oxygens (including phenoxy) is 1. The molecule has 1 amide bonds. The number of benzene rings is 2. The minimum atomic E-state index is -0.896. The number of primary amides is 1. The Morgan fingerprint density at radius 1 is 1.15 bits per heavy atom. The van der Waals surface area contributed by atoms with Gasteiger partial charge in [-0.25, -0.2) is 0 Å². The predicted octanol–water partition coefficient (Wildman–Crippen LogP) is 2.17. The normalized spacial score (nSPS) is 11.8. The van der Waals surface area contributed by atoms with Crippen molar-refractivity contribution in [3.63, 3.8) is 0 Å². The zero-order valence-corrected chi connectivity index (χ0v) is 11.0. The fourth-order valence-electron chi connectivity index (χ4n) is 1.86. The van der Waals surface area contributed by atoms with Gasteiger partial charge in [-0.05, 0) is 23.3 Å². The molecule has 0 radical (unpaired) electrons. The highest BCUT2D eigenvalue weighted by Crippen LogP contribution is 2.22. The van der Waals surface area contributed by atoms with Crippen molar-refractivity contribution in [3.05, 3.63) is 65.7 Å². The van der Waals surface area contributed by atoms with Gasteiger partial charge in [0.05, 0.1) is 12.5 Å². The lowest BCUT2D eigenvalue weighted by Gasteiger charge is -2.11. The maximum absolute atomic E-state index is 10.8. The smallest absolute Gasteiger partial charge is 0.220 e. The molecule has 0 fully saturated rings. The average molecular weight is 271 g/mol. The molecule has 104 valence electrons. The maximum Gasteiger partial charge on any atom is 0.220 e. The summed E-state index contributed by atoms with van der Waals surface area (Å²) in [4.78, 5) is 10.8. The summed E-state index contributed by atoms with van der Waals surface area (Å²) in [5, 5.41) is 9.84. The van der Waals surface area contributed by atoms with Crippen LogP contribution < -0.4 is 10.5 Å². The number of carbonyl (C=O) groups excluding carboxylic acids is 1. The Morgan fingerprint density at radius 3 is 2.60 bits per heavy atom. The number of rotatable bonds is 6. The fraction of sp³-hybridized carbons (Fsp3) is 0.188. The zero-order chi connectivity index (χ0) is 14.4. The lowest BCUT2D eigenvalue weighted by Crippen LogP contribution is -2.15. The van der Waals surface area contributed by atoms with Crippen LogP contribution in [-0.4, -0.2) is 11.0 Å². The van der Waals surface area contributed by atoms with Gasteiger partial charge in [0.15, 0.2) is 0 Å². The molecule has 0 aromatic heterocycles. The highest BCUT2D eigenvalue weighted by molar-refractivity contribution is 5.74. The van der Waals surface area contributed by atoms with E-state index < -0.39 is 12.0 Å². The Kier molecular flexibility index (Phi) is 4.74. The van der Waals surface area contributed by atoms with Gasteiger partial charge in [0, 0.05) is 0 Å². The first-order valence-electron chi connectivity index (χ1n) is 6.38. The van der Waals surface area contributed by atoms with Crippen molar-refractivity contribution >= 4 is 5.91 Å². The third kappa shape index (κ3) is 4.10. The number of hydrogen-bond donors (Lipinski definition) is 2. The van der Waals surface area contributed by atoms with Crippen molar-refractivity contribution < 1.29 is 14.6 Å². The number of aliphatic hydroxyl groups excluding tert-OH is 1. The molecule has 0 aliphatic carbocycles. The summed E-state index contributed by atoms with van der Waals surface area (Å²) in [6, 6.07) is 16.8. The number of nitrogens with two attached hydrogens (primary N) is 1. The van der Waals surface area contributed by atoms with E-state index in [1.54, 1.807) is 18.2 Å². The molecule has 0 bridgehead atoms. The number of aliphatic hydroxyl groups is 1. The molecule has 1 unspecified atom stereocenters. The second-order valence-electron chi connectivity index (χ2n) is 4.53. The second-order valence-corrected chi connectivity index (χ2v) is 4.53. The Balaban J connectivity index is 2.01.